The van der Waals surface area contributed by atoms with E-state index in [-0.39, 0.29) is 18.6 Å². The molecule has 0 heterocycles. The molecule has 0 aliphatic rings. The van der Waals surface area contributed by atoms with Crippen molar-refractivity contribution in [1.29, 1.82) is 0 Å². The van der Waals surface area contributed by atoms with Crippen molar-refractivity contribution in [3.05, 3.63) is 35.9 Å². The maximum Gasteiger partial charge on any atom is 0.242 e. The van der Waals surface area contributed by atoms with Crippen LogP contribution in [0.3, 0.4) is 0 Å². The number of aliphatic hydroxyl groups is 1. The number of benzene rings is 1. The fourth-order valence-electron chi connectivity index (χ4n) is 2.35. The quantitative estimate of drug-likeness (QED) is 0.577. The van der Waals surface area contributed by atoms with Crippen LogP contribution in [0.5, 0.6) is 0 Å². The Labute approximate surface area is 131 Å². The first-order valence-electron chi connectivity index (χ1n) is 7.34. The van der Waals surface area contributed by atoms with Gasteiger partial charge in [0, 0.05) is 12.6 Å². The summed E-state index contributed by atoms with van der Waals surface area (Å²) < 4.78 is 0. The fourth-order valence-corrected chi connectivity index (χ4v) is 3.33. The van der Waals surface area contributed by atoms with E-state index in [2.05, 4.69) is 5.32 Å². The van der Waals surface area contributed by atoms with Crippen LogP contribution in [0.4, 0.5) is 0 Å². The Bertz CT molecular complexity index is 426. The van der Waals surface area contributed by atoms with Gasteiger partial charge in [0.05, 0.1) is 0 Å². The van der Waals surface area contributed by atoms with Gasteiger partial charge >= 0.3 is 0 Å². The van der Waals surface area contributed by atoms with E-state index >= 15 is 0 Å². The van der Waals surface area contributed by atoms with Gasteiger partial charge < -0.3 is 10.8 Å². The molecule has 1 rings (SSSR count). The molecule has 0 fully saturated rings. The van der Waals surface area contributed by atoms with Crippen molar-refractivity contribution in [3.63, 3.8) is 0 Å². The second kappa shape index (κ2) is 9.07. The molecule has 1 atom stereocenters. The Morgan fingerprint density at radius 1 is 1.33 bits per heavy atom. The molecule has 1 amide bonds. The van der Waals surface area contributed by atoms with E-state index in [1.807, 2.05) is 44.2 Å². The van der Waals surface area contributed by atoms with Gasteiger partial charge in [-0.15, -0.1) is 0 Å². The number of carbonyl (C=O) groups excluding carboxylic acids is 1. The van der Waals surface area contributed by atoms with Gasteiger partial charge in [-0.3, -0.25) is 10.1 Å². The number of primary amides is 1. The maximum absolute atomic E-state index is 12.2. The van der Waals surface area contributed by atoms with E-state index in [0.29, 0.717) is 6.42 Å². The highest BCUT2D eigenvalue weighted by molar-refractivity contribution is 7.99. The lowest BCUT2D eigenvalue weighted by molar-refractivity contribution is -0.125. The normalized spacial score (nSPS) is 14.1. The molecule has 0 aliphatic heterocycles. The van der Waals surface area contributed by atoms with Gasteiger partial charge in [0.25, 0.3) is 0 Å². The van der Waals surface area contributed by atoms with E-state index in [9.17, 15) is 4.79 Å². The smallest absolute Gasteiger partial charge is 0.242 e. The molecule has 0 aliphatic carbocycles. The summed E-state index contributed by atoms with van der Waals surface area (Å²) in [6.07, 6.45) is 1.41. The molecule has 0 bridgehead atoms. The minimum Gasteiger partial charge on any atom is -0.396 e. The van der Waals surface area contributed by atoms with Crippen LogP contribution in [0, 0.1) is 0 Å². The van der Waals surface area contributed by atoms with Crippen molar-refractivity contribution < 1.29 is 9.90 Å². The SMILES string of the molecule is CC(C)NC(CCSCCCO)(C(N)=O)c1ccccc1. The summed E-state index contributed by atoms with van der Waals surface area (Å²) in [4.78, 5) is 12.2. The number of carbonyl (C=O) groups is 1. The van der Waals surface area contributed by atoms with Crippen LogP contribution in [0.15, 0.2) is 30.3 Å². The highest BCUT2D eigenvalue weighted by Crippen LogP contribution is 2.27. The number of nitrogens with two attached hydrogens (primary N) is 1. The molecule has 1 unspecified atom stereocenters. The van der Waals surface area contributed by atoms with Gasteiger partial charge in [-0.05, 0) is 43.8 Å². The van der Waals surface area contributed by atoms with E-state index in [1.165, 1.54) is 0 Å². The minimum atomic E-state index is -0.832. The van der Waals surface area contributed by atoms with Crippen molar-refractivity contribution in [3.8, 4) is 0 Å². The van der Waals surface area contributed by atoms with Crippen molar-refractivity contribution in [2.45, 2.75) is 38.3 Å². The summed E-state index contributed by atoms with van der Waals surface area (Å²) in [7, 11) is 0. The molecule has 0 aromatic heterocycles. The second-order valence-electron chi connectivity index (χ2n) is 5.37. The number of hydrogen-bond acceptors (Lipinski definition) is 4. The van der Waals surface area contributed by atoms with E-state index in [0.717, 1.165) is 23.5 Å². The van der Waals surface area contributed by atoms with Gasteiger partial charge in [-0.2, -0.15) is 11.8 Å². The van der Waals surface area contributed by atoms with Gasteiger partial charge in [0.1, 0.15) is 5.54 Å². The Hall–Kier alpha value is -1.04. The topological polar surface area (TPSA) is 75.3 Å². The zero-order valence-corrected chi connectivity index (χ0v) is 13.7. The summed E-state index contributed by atoms with van der Waals surface area (Å²) in [6, 6.07) is 9.82. The summed E-state index contributed by atoms with van der Waals surface area (Å²) in [5.41, 5.74) is 5.82. The summed E-state index contributed by atoms with van der Waals surface area (Å²) in [6.45, 7) is 4.23. The molecule has 1 aromatic rings. The lowest BCUT2D eigenvalue weighted by Gasteiger charge is -2.34. The number of aliphatic hydroxyl groups excluding tert-OH is 1. The summed E-state index contributed by atoms with van der Waals surface area (Å²) >= 11 is 1.74. The molecule has 0 saturated carbocycles. The van der Waals surface area contributed by atoms with Crippen molar-refractivity contribution in [2.24, 2.45) is 5.73 Å². The molecule has 0 saturated heterocycles. The maximum atomic E-state index is 12.2. The average Bonchev–Trinajstić information content (AvgIpc) is 2.46. The zero-order valence-electron chi connectivity index (χ0n) is 12.8. The Kier molecular flexibility index (Phi) is 7.78. The third-order valence-electron chi connectivity index (χ3n) is 3.29. The standard InChI is InChI=1S/C16H26N2O2S/c1-13(2)18-16(15(17)20,9-12-21-11-6-10-19)14-7-4-3-5-8-14/h3-5,7-8,13,18-19H,6,9-12H2,1-2H3,(H2,17,20). The molecule has 4 nitrogen and oxygen atoms in total. The molecule has 5 heteroatoms. The minimum absolute atomic E-state index is 0.153. The molecule has 0 radical (unpaired) electrons. The van der Waals surface area contributed by atoms with Crippen LogP contribution in [0.1, 0.15) is 32.3 Å². The highest BCUT2D eigenvalue weighted by Gasteiger charge is 2.38. The van der Waals surface area contributed by atoms with E-state index in [4.69, 9.17) is 10.8 Å². The predicted octanol–water partition coefficient (Wildman–Crippen LogP) is 1.87. The van der Waals surface area contributed by atoms with Gasteiger partial charge in [-0.1, -0.05) is 30.3 Å². The van der Waals surface area contributed by atoms with Crippen LogP contribution >= 0.6 is 11.8 Å². The number of amides is 1. The first kappa shape index (κ1) is 18.0. The second-order valence-corrected chi connectivity index (χ2v) is 6.60. The Morgan fingerprint density at radius 3 is 2.52 bits per heavy atom. The third-order valence-corrected chi connectivity index (χ3v) is 4.36. The number of rotatable bonds is 10. The average molecular weight is 310 g/mol. The fraction of sp³-hybridized carbons (Fsp3) is 0.562. The van der Waals surface area contributed by atoms with Gasteiger partial charge in [-0.25, -0.2) is 0 Å². The molecule has 1 aromatic carbocycles. The lowest BCUT2D eigenvalue weighted by atomic mass is 9.85. The first-order chi connectivity index (χ1) is 10.0. The van der Waals surface area contributed by atoms with Crippen molar-refractivity contribution >= 4 is 17.7 Å². The van der Waals surface area contributed by atoms with Crippen LogP contribution in [-0.2, 0) is 10.3 Å². The highest BCUT2D eigenvalue weighted by atomic mass is 32.2. The van der Waals surface area contributed by atoms with E-state index < -0.39 is 5.54 Å². The summed E-state index contributed by atoms with van der Waals surface area (Å²) in [5, 5.41) is 12.2. The van der Waals surface area contributed by atoms with Gasteiger partial charge in [0.2, 0.25) is 5.91 Å². The van der Waals surface area contributed by atoms with Crippen molar-refractivity contribution in [1.82, 2.24) is 5.32 Å². The van der Waals surface area contributed by atoms with Crippen LogP contribution < -0.4 is 11.1 Å². The monoisotopic (exact) mass is 310 g/mol. The third kappa shape index (κ3) is 5.34. The zero-order chi connectivity index (χ0) is 15.7. The molecular weight excluding hydrogens is 284 g/mol. The molecule has 0 spiro atoms. The Balaban J connectivity index is 2.89. The number of hydrogen-bond donors (Lipinski definition) is 3. The lowest BCUT2D eigenvalue weighted by Crippen LogP contribution is -2.55. The van der Waals surface area contributed by atoms with Crippen molar-refractivity contribution in [2.75, 3.05) is 18.1 Å². The number of thioether (sulfide) groups is 1. The molecule has 118 valence electrons. The van der Waals surface area contributed by atoms with Crippen LogP contribution in [0.25, 0.3) is 0 Å². The molecular formula is C16H26N2O2S. The van der Waals surface area contributed by atoms with Crippen LogP contribution in [0.2, 0.25) is 0 Å². The largest absolute Gasteiger partial charge is 0.396 e. The number of nitrogens with one attached hydrogen (secondary N) is 1. The Morgan fingerprint density at radius 2 is 2.00 bits per heavy atom. The first-order valence-corrected chi connectivity index (χ1v) is 8.50. The predicted molar refractivity (Wildman–Crippen MR) is 89.2 cm³/mol. The molecule has 4 N–H and O–H groups in total. The van der Waals surface area contributed by atoms with Crippen LogP contribution in [-0.4, -0.2) is 35.2 Å². The van der Waals surface area contributed by atoms with E-state index in [1.54, 1.807) is 11.8 Å². The summed E-state index contributed by atoms with van der Waals surface area (Å²) in [5.74, 6) is 1.37. The van der Waals surface area contributed by atoms with Gasteiger partial charge in [0.15, 0.2) is 0 Å². The molecule has 21 heavy (non-hydrogen) atoms.